The van der Waals surface area contributed by atoms with E-state index in [0.717, 1.165) is 52.1 Å². The summed E-state index contributed by atoms with van der Waals surface area (Å²) in [7, 11) is 0. The van der Waals surface area contributed by atoms with Gasteiger partial charge in [-0.2, -0.15) is 0 Å². The van der Waals surface area contributed by atoms with Gasteiger partial charge in [-0.05, 0) is 31.6 Å². The van der Waals surface area contributed by atoms with Gasteiger partial charge in [0.1, 0.15) is 6.54 Å². The number of rotatable bonds is 3. The number of fused-ring (bicyclic) bond motifs is 4. The quantitative estimate of drug-likeness (QED) is 0.834. The third-order valence-corrected chi connectivity index (χ3v) is 5.65. The van der Waals surface area contributed by atoms with Crippen molar-refractivity contribution >= 4 is 5.91 Å². The first-order chi connectivity index (χ1) is 11.3. The van der Waals surface area contributed by atoms with Crippen LogP contribution in [0.2, 0.25) is 0 Å². The van der Waals surface area contributed by atoms with E-state index in [1.165, 1.54) is 6.42 Å². The van der Waals surface area contributed by atoms with E-state index in [1.807, 2.05) is 10.8 Å². The van der Waals surface area contributed by atoms with E-state index >= 15 is 0 Å². The van der Waals surface area contributed by atoms with Crippen LogP contribution in [0.25, 0.3) is 0 Å². The SMILES string of the molecule is O=C(Cn1ccnc1)N1C[C@H]2CC[C@@H]1CN(C1CCOCC1)C2. The molecule has 0 radical (unpaired) electrons. The molecule has 5 heterocycles. The average Bonchev–Trinajstić information content (AvgIpc) is 2.92. The van der Waals surface area contributed by atoms with E-state index < -0.39 is 0 Å². The normalized spacial score (nSPS) is 29.7. The van der Waals surface area contributed by atoms with Crippen LogP contribution in [-0.2, 0) is 16.1 Å². The molecule has 2 atom stereocenters. The van der Waals surface area contributed by atoms with Gasteiger partial charge in [0.05, 0.1) is 6.33 Å². The van der Waals surface area contributed by atoms with Crippen molar-refractivity contribution in [1.82, 2.24) is 19.4 Å². The number of carbonyl (C=O) groups excluding carboxylic acids is 1. The minimum absolute atomic E-state index is 0.242. The molecule has 2 bridgehead atoms. The van der Waals surface area contributed by atoms with E-state index in [1.54, 1.807) is 12.5 Å². The zero-order chi connectivity index (χ0) is 15.6. The summed E-state index contributed by atoms with van der Waals surface area (Å²) in [6.07, 6.45) is 10.0. The third-order valence-electron chi connectivity index (χ3n) is 5.65. The molecule has 1 aromatic rings. The first kappa shape index (κ1) is 15.1. The maximum atomic E-state index is 12.7. The van der Waals surface area contributed by atoms with E-state index in [-0.39, 0.29) is 5.91 Å². The van der Waals surface area contributed by atoms with Gasteiger partial charge in [0, 0.05) is 57.3 Å². The van der Waals surface area contributed by atoms with Gasteiger partial charge in [-0.25, -0.2) is 4.98 Å². The van der Waals surface area contributed by atoms with E-state index in [9.17, 15) is 4.79 Å². The number of ether oxygens (including phenoxy) is 1. The number of imidazole rings is 1. The summed E-state index contributed by atoms with van der Waals surface area (Å²) in [4.78, 5) is 21.6. The Hall–Kier alpha value is -1.40. The number of amides is 1. The van der Waals surface area contributed by atoms with Crippen LogP contribution in [0.4, 0.5) is 0 Å². The van der Waals surface area contributed by atoms with Crippen LogP contribution in [-0.4, -0.2) is 70.2 Å². The monoisotopic (exact) mass is 318 g/mol. The van der Waals surface area contributed by atoms with Crippen molar-refractivity contribution < 1.29 is 9.53 Å². The van der Waals surface area contributed by atoms with Gasteiger partial charge >= 0.3 is 0 Å². The molecule has 23 heavy (non-hydrogen) atoms. The summed E-state index contributed by atoms with van der Waals surface area (Å²) in [5, 5.41) is 0. The predicted octanol–water partition coefficient (Wildman–Crippen LogP) is 0.985. The van der Waals surface area contributed by atoms with Gasteiger partial charge in [0.25, 0.3) is 0 Å². The number of hydrogen-bond acceptors (Lipinski definition) is 4. The van der Waals surface area contributed by atoms with Crippen molar-refractivity contribution in [2.45, 2.75) is 44.3 Å². The molecule has 6 nitrogen and oxygen atoms in total. The summed E-state index contributed by atoms with van der Waals surface area (Å²) in [5.74, 6) is 0.870. The van der Waals surface area contributed by atoms with Crippen molar-refractivity contribution in [3.63, 3.8) is 0 Å². The fourth-order valence-corrected chi connectivity index (χ4v) is 4.40. The van der Waals surface area contributed by atoms with Crippen molar-refractivity contribution in [3.05, 3.63) is 18.7 Å². The summed E-state index contributed by atoms with van der Waals surface area (Å²) >= 11 is 0. The summed E-state index contributed by atoms with van der Waals surface area (Å²) < 4.78 is 7.38. The molecule has 126 valence electrons. The average molecular weight is 318 g/mol. The van der Waals surface area contributed by atoms with Crippen LogP contribution >= 0.6 is 0 Å². The molecule has 5 rings (SSSR count). The first-order valence-electron chi connectivity index (χ1n) is 8.86. The standard InChI is InChI=1S/C17H26N4O2/c22-17(12-19-6-5-18-13-19)21-10-14-1-2-16(21)11-20(9-14)15-3-7-23-8-4-15/h5-6,13-16H,1-4,7-12H2/t14-,16+/m0/s1. The van der Waals surface area contributed by atoms with Gasteiger partial charge in [0.2, 0.25) is 5.91 Å². The number of aromatic nitrogens is 2. The molecule has 0 aliphatic carbocycles. The molecule has 4 aliphatic rings. The van der Waals surface area contributed by atoms with Gasteiger partial charge in [-0.15, -0.1) is 0 Å². The van der Waals surface area contributed by atoms with Crippen molar-refractivity contribution in [3.8, 4) is 0 Å². The number of carbonyl (C=O) groups is 1. The van der Waals surface area contributed by atoms with Crippen molar-refractivity contribution in [2.75, 3.05) is 32.8 Å². The van der Waals surface area contributed by atoms with Crippen LogP contribution in [0, 0.1) is 5.92 Å². The van der Waals surface area contributed by atoms with Crippen molar-refractivity contribution in [2.24, 2.45) is 5.92 Å². The highest BCUT2D eigenvalue weighted by Gasteiger charge is 2.39. The number of piperidine rings is 1. The van der Waals surface area contributed by atoms with Crippen LogP contribution in [0.3, 0.4) is 0 Å². The summed E-state index contributed by atoms with van der Waals surface area (Å²) in [5.41, 5.74) is 0. The number of nitrogens with zero attached hydrogens (tertiary/aromatic N) is 4. The Labute approximate surface area is 137 Å². The van der Waals surface area contributed by atoms with Crippen LogP contribution < -0.4 is 0 Å². The highest BCUT2D eigenvalue weighted by atomic mass is 16.5. The Balaban J connectivity index is 1.43. The molecular weight excluding hydrogens is 292 g/mol. The molecule has 0 N–H and O–H groups in total. The minimum Gasteiger partial charge on any atom is -0.381 e. The van der Waals surface area contributed by atoms with Crippen LogP contribution in [0.5, 0.6) is 0 Å². The molecule has 0 aromatic carbocycles. The molecule has 1 amide bonds. The first-order valence-corrected chi connectivity index (χ1v) is 8.86. The molecule has 1 aromatic heterocycles. The zero-order valence-corrected chi connectivity index (χ0v) is 13.6. The molecular formula is C17H26N4O2. The zero-order valence-electron chi connectivity index (χ0n) is 13.6. The van der Waals surface area contributed by atoms with Crippen LogP contribution in [0.15, 0.2) is 18.7 Å². The van der Waals surface area contributed by atoms with Gasteiger partial charge < -0.3 is 14.2 Å². The number of hydrogen-bond donors (Lipinski definition) is 0. The van der Waals surface area contributed by atoms with Gasteiger partial charge in [-0.3, -0.25) is 9.69 Å². The van der Waals surface area contributed by atoms with Crippen LogP contribution in [0.1, 0.15) is 25.7 Å². The fourth-order valence-electron chi connectivity index (χ4n) is 4.40. The van der Waals surface area contributed by atoms with Gasteiger partial charge in [-0.1, -0.05) is 0 Å². The Morgan fingerprint density at radius 1 is 1.09 bits per heavy atom. The molecule has 0 spiro atoms. The highest BCUT2D eigenvalue weighted by molar-refractivity contribution is 5.76. The maximum Gasteiger partial charge on any atom is 0.242 e. The second-order valence-electron chi connectivity index (χ2n) is 7.18. The summed E-state index contributed by atoms with van der Waals surface area (Å²) in [6, 6.07) is 1.03. The molecule has 6 heteroatoms. The second kappa shape index (κ2) is 6.61. The highest BCUT2D eigenvalue weighted by Crippen LogP contribution is 2.30. The molecule has 0 unspecified atom stereocenters. The topological polar surface area (TPSA) is 50.6 Å². The third kappa shape index (κ3) is 3.28. The largest absolute Gasteiger partial charge is 0.381 e. The van der Waals surface area contributed by atoms with E-state index in [4.69, 9.17) is 4.74 Å². The van der Waals surface area contributed by atoms with Gasteiger partial charge in [0.15, 0.2) is 0 Å². The maximum absolute atomic E-state index is 12.7. The molecule has 4 saturated heterocycles. The summed E-state index contributed by atoms with van der Waals surface area (Å²) in [6.45, 7) is 5.31. The van der Waals surface area contributed by atoms with E-state index in [0.29, 0.717) is 24.5 Å². The lowest BCUT2D eigenvalue weighted by molar-refractivity contribution is -0.136. The smallest absolute Gasteiger partial charge is 0.242 e. The molecule has 0 saturated carbocycles. The Kier molecular flexibility index (Phi) is 4.35. The Morgan fingerprint density at radius 2 is 1.96 bits per heavy atom. The fraction of sp³-hybridized carbons (Fsp3) is 0.765. The lowest BCUT2D eigenvalue weighted by Crippen LogP contribution is -2.49. The minimum atomic E-state index is 0.242. The molecule has 4 aliphatic heterocycles. The van der Waals surface area contributed by atoms with E-state index in [2.05, 4.69) is 14.8 Å². The second-order valence-corrected chi connectivity index (χ2v) is 7.18. The Bertz CT molecular complexity index is 527. The lowest BCUT2D eigenvalue weighted by Gasteiger charge is -2.37. The predicted molar refractivity (Wildman–Crippen MR) is 85.9 cm³/mol. The Morgan fingerprint density at radius 3 is 2.74 bits per heavy atom. The lowest BCUT2D eigenvalue weighted by atomic mass is 9.95. The van der Waals surface area contributed by atoms with Crippen molar-refractivity contribution in [1.29, 1.82) is 0 Å². The molecule has 4 fully saturated rings.